The Kier molecular flexibility index (Phi) is 5.17. The van der Waals surface area contributed by atoms with Crippen LogP contribution in [-0.4, -0.2) is 16.8 Å². The molecule has 1 fully saturated rings. The summed E-state index contributed by atoms with van der Waals surface area (Å²) in [5.41, 5.74) is 3.21. The maximum atomic E-state index is 13.3. The van der Waals surface area contributed by atoms with Crippen LogP contribution in [0, 0.1) is 13.8 Å². The van der Waals surface area contributed by atoms with Crippen LogP contribution in [0.25, 0.3) is 11.0 Å². The summed E-state index contributed by atoms with van der Waals surface area (Å²) in [4.78, 5) is 39.5. The van der Waals surface area contributed by atoms with Crippen LogP contribution >= 0.6 is 0 Å². The number of carbonyl (C=O) groups excluding carboxylic acids is 2. The standard InChI is InChI=1S/C25H26N2O4/c1-5-6-17-8-10-19(11-9-17)25(4)23(29)27(24(30)26-25)14-18-13-21(28)31-22-16(3)15(2)7-12-20(18)22/h7-13H,5-6,14H2,1-4H3,(H,26,30)/t25-/m1/s1. The fourth-order valence-corrected chi connectivity index (χ4v) is 4.16. The highest BCUT2D eigenvalue weighted by Gasteiger charge is 2.49. The summed E-state index contributed by atoms with van der Waals surface area (Å²) in [7, 11) is 0. The number of rotatable bonds is 5. The average Bonchev–Trinajstić information content (AvgIpc) is 2.95. The lowest BCUT2D eigenvalue weighted by atomic mass is 9.91. The number of imide groups is 1. The van der Waals surface area contributed by atoms with Crippen LogP contribution < -0.4 is 10.9 Å². The van der Waals surface area contributed by atoms with Crippen LogP contribution in [0.4, 0.5) is 4.79 Å². The highest BCUT2D eigenvalue weighted by atomic mass is 16.4. The lowest BCUT2D eigenvalue weighted by Gasteiger charge is -2.22. The summed E-state index contributed by atoms with van der Waals surface area (Å²) in [5.74, 6) is -0.342. The molecule has 31 heavy (non-hydrogen) atoms. The molecule has 2 heterocycles. The third kappa shape index (κ3) is 3.52. The van der Waals surface area contributed by atoms with Gasteiger partial charge in [-0.2, -0.15) is 0 Å². The zero-order valence-electron chi connectivity index (χ0n) is 18.2. The highest BCUT2D eigenvalue weighted by Crippen LogP contribution is 2.31. The van der Waals surface area contributed by atoms with Gasteiger partial charge in [0.1, 0.15) is 11.1 Å². The van der Waals surface area contributed by atoms with E-state index in [9.17, 15) is 14.4 Å². The SMILES string of the molecule is CCCc1ccc([C@@]2(C)NC(=O)N(Cc3cc(=O)oc4c(C)c(C)ccc34)C2=O)cc1. The van der Waals surface area contributed by atoms with Crippen LogP contribution in [0.2, 0.25) is 0 Å². The van der Waals surface area contributed by atoms with Crippen molar-refractivity contribution in [3.05, 3.63) is 80.7 Å². The Balaban J connectivity index is 1.69. The minimum atomic E-state index is -1.15. The lowest BCUT2D eigenvalue weighted by molar-refractivity contribution is -0.131. The number of hydrogen-bond donors (Lipinski definition) is 1. The van der Waals surface area contributed by atoms with E-state index in [0.29, 0.717) is 11.1 Å². The molecule has 1 saturated heterocycles. The zero-order chi connectivity index (χ0) is 22.3. The number of nitrogens with zero attached hydrogens (tertiary/aromatic N) is 1. The average molecular weight is 418 g/mol. The molecule has 1 atom stereocenters. The van der Waals surface area contributed by atoms with Crippen molar-refractivity contribution in [2.24, 2.45) is 0 Å². The van der Waals surface area contributed by atoms with Gasteiger partial charge in [-0.1, -0.05) is 49.7 Å². The maximum Gasteiger partial charge on any atom is 0.336 e. The van der Waals surface area contributed by atoms with E-state index in [1.807, 2.05) is 50.2 Å². The predicted molar refractivity (Wildman–Crippen MR) is 119 cm³/mol. The number of aryl methyl sites for hydroxylation is 3. The molecule has 160 valence electrons. The van der Waals surface area contributed by atoms with Gasteiger partial charge in [-0.25, -0.2) is 9.59 Å². The first-order chi connectivity index (χ1) is 14.7. The van der Waals surface area contributed by atoms with Crippen molar-refractivity contribution in [2.75, 3.05) is 0 Å². The summed E-state index contributed by atoms with van der Waals surface area (Å²) >= 11 is 0. The highest BCUT2D eigenvalue weighted by molar-refractivity contribution is 6.07. The van der Waals surface area contributed by atoms with Crippen molar-refractivity contribution in [1.29, 1.82) is 0 Å². The first-order valence-corrected chi connectivity index (χ1v) is 10.5. The maximum absolute atomic E-state index is 13.3. The van der Waals surface area contributed by atoms with Gasteiger partial charge in [0.25, 0.3) is 5.91 Å². The first-order valence-electron chi connectivity index (χ1n) is 10.5. The van der Waals surface area contributed by atoms with Gasteiger partial charge in [0, 0.05) is 11.5 Å². The van der Waals surface area contributed by atoms with E-state index in [1.165, 1.54) is 16.5 Å². The van der Waals surface area contributed by atoms with E-state index >= 15 is 0 Å². The number of urea groups is 1. The van der Waals surface area contributed by atoms with Gasteiger partial charge in [-0.15, -0.1) is 0 Å². The van der Waals surface area contributed by atoms with Gasteiger partial charge in [0.05, 0.1) is 6.54 Å². The van der Waals surface area contributed by atoms with Crippen molar-refractivity contribution in [1.82, 2.24) is 10.2 Å². The second kappa shape index (κ2) is 7.69. The fraction of sp³-hybridized carbons (Fsp3) is 0.320. The Bertz CT molecular complexity index is 1240. The monoisotopic (exact) mass is 418 g/mol. The summed E-state index contributed by atoms with van der Waals surface area (Å²) in [6.07, 6.45) is 2.00. The Morgan fingerprint density at radius 2 is 1.74 bits per heavy atom. The predicted octanol–water partition coefficient (Wildman–Crippen LogP) is 4.33. The van der Waals surface area contributed by atoms with Crippen LogP contribution in [-0.2, 0) is 23.3 Å². The van der Waals surface area contributed by atoms with Gasteiger partial charge in [0.15, 0.2) is 0 Å². The molecule has 6 heteroatoms. The molecule has 2 aromatic carbocycles. The topological polar surface area (TPSA) is 79.6 Å². The Labute approximate surface area is 180 Å². The van der Waals surface area contributed by atoms with Gasteiger partial charge in [0.2, 0.25) is 0 Å². The quantitative estimate of drug-likeness (QED) is 0.494. The van der Waals surface area contributed by atoms with Crippen LogP contribution in [0.5, 0.6) is 0 Å². The number of benzene rings is 2. The number of amides is 3. The molecule has 3 amide bonds. The Hall–Kier alpha value is -3.41. The van der Waals surface area contributed by atoms with Crippen molar-refractivity contribution >= 4 is 22.9 Å². The van der Waals surface area contributed by atoms with Gasteiger partial charge in [-0.3, -0.25) is 9.69 Å². The molecular formula is C25H26N2O4. The first kappa shape index (κ1) is 20.8. The zero-order valence-corrected chi connectivity index (χ0v) is 18.2. The van der Waals surface area contributed by atoms with Gasteiger partial charge < -0.3 is 9.73 Å². The molecule has 0 unspecified atom stereocenters. The summed E-state index contributed by atoms with van der Waals surface area (Å²) in [6.45, 7) is 7.66. The summed E-state index contributed by atoms with van der Waals surface area (Å²) in [6, 6.07) is 12.5. The second-order valence-corrected chi connectivity index (χ2v) is 8.37. The molecule has 1 N–H and O–H groups in total. The molecule has 3 aromatic rings. The van der Waals surface area contributed by atoms with E-state index in [2.05, 4.69) is 12.2 Å². The molecular weight excluding hydrogens is 392 g/mol. The molecule has 1 aliphatic heterocycles. The molecule has 0 aliphatic carbocycles. The molecule has 0 spiro atoms. The summed E-state index contributed by atoms with van der Waals surface area (Å²) < 4.78 is 5.41. The van der Waals surface area contributed by atoms with Crippen LogP contribution in [0.1, 0.15) is 48.1 Å². The van der Waals surface area contributed by atoms with Crippen molar-refractivity contribution < 1.29 is 14.0 Å². The second-order valence-electron chi connectivity index (χ2n) is 8.37. The van der Waals surface area contributed by atoms with Crippen molar-refractivity contribution in [3.8, 4) is 0 Å². The van der Waals surface area contributed by atoms with E-state index in [0.717, 1.165) is 34.9 Å². The third-order valence-corrected chi connectivity index (χ3v) is 6.19. The van der Waals surface area contributed by atoms with E-state index in [4.69, 9.17) is 4.42 Å². The number of fused-ring (bicyclic) bond motifs is 1. The largest absolute Gasteiger partial charge is 0.422 e. The van der Waals surface area contributed by atoms with E-state index in [-0.39, 0.29) is 12.5 Å². The molecule has 0 bridgehead atoms. The van der Waals surface area contributed by atoms with E-state index < -0.39 is 17.2 Å². The fourth-order valence-electron chi connectivity index (χ4n) is 4.16. The molecule has 0 saturated carbocycles. The van der Waals surface area contributed by atoms with Gasteiger partial charge in [-0.05, 0) is 55.0 Å². The van der Waals surface area contributed by atoms with E-state index in [1.54, 1.807) is 6.92 Å². The molecule has 4 rings (SSSR count). The molecule has 1 aliphatic rings. The molecule has 0 radical (unpaired) electrons. The van der Waals surface area contributed by atoms with Crippen LogP contribution in [0.15, 0.2) is 51.7 Å². The normalized spacial score (nSPS) is 18.6. The molecule has 1 aromatic heterocycles. The third-order valence-electron chi connectivity index (χ3n) is 6.19. The number of carbonyl (C=O) groups is 2. The smallest absolute Gasteiger partial charge is 0.336 e. The van der Waals surface area contributed by atoms with Crippen molar-refractivity contribution in [2.45, 2.75) is 52.6 Å². The van der Waals surface area contributed by atoms with Crippen molar-refractivity contribution in [3.63, 3.8) is 0 Å². The molecule has 6 nitrogen and oxygen atoms in total. The number of nitrogens with one attached hydrogen (secondary N) is 1. The lowest BCUT2D eigenvalue weighted by Crippen LogP contribution is -2.40. The minimum Gasteiger partial charge on any atom is -0.422 e. The van der Waals surface area contributed by atoms with Gasteiger partial charge >= 0.3 is 11.7 Å². The Morgan fingerprint density at radius 3 is 2.42 bits per heavy atom. The number of hydrogen-bond acceptors (Lipinski definition) is 4. The summed E-state index contributed by atoms with van der Waals surface area (Å²) in [5, 5.41) is 3.56. The minimum absolute atomic E-state index is 0.00121. The Morgan fingerprint density at radius 1 is 1.03 bits per heavy atom. The van der Waals surface area contributed by atoms with Crippen LogP contribution in [0.3, 0.4) is 0 Å².